The number of nitrogens with one attached hydrogen (secondary N) is 1. The van der Waals surface area contributed by atoms with Crippen molar-refractivity contribution in [2.24, 2.45) is 0 Å². The summed E-state index contributed by atoms with van der Waals surface area (Å²) in [6.07, 6.45) is 0. The van der Waals surface area contributed by atoms with Gasteiger partial charge in [-0.1, -0.05) is 29.8 Å². The van der Waals surface area contributed by atoms with E-state index in [2.05, 4.69) is 5.32 Å². The van der Waals surface area contributed by atoms with Gasteiger partial charge < -0.3 is 10.1 Å². The SMILES string of the molecule is CON(C)C(=O)C(C)NC(=O)N1Cc2ccccc2Oc2ccc(Cl)cc21. The van der Waals surface area contributed by atoms with E-state index in [0.29, 0.717) is 22.2 Å². The molecule has 1 heterocycles. The smallest absolute Gasteiger partial charge is 0.322 e. The Morgan fingerprint density at radius 1 is 1.26 bits per heavy atom. The van der Waals surface area contributed by atoms with E-state index in [0.717, 1.165) is 10.6 Å². The number of halogens is 1. The molecule has 1 N–H and O–H groups in total. The molecule has 7 nitrogen and oxygen atoms in total. The number of fused-ring (bicyclic) bond motifs is 2. The Balaban J connectivity index is 1.92. The number of anilines is 1. The molecule has 2 aromatic carbocycles. The van der Waals surface area contributed by atoms with Crippen LogP contribution >= 0.6 is 11.6 Å². The molecule has 0 fully saturated rings. The van der Waals surface area contributed by atoms with Crippen molar-refractivity contribution >= 4 is 29.2 Å². The molecule has 0 saturated heterocycles. The molecular weight excluding hydrogens is 370 g/mol. The maximum absolute atomic E-state index is 13.0. The summed E-state index contributed by atoms with van der Waals surface area (Å²) in [7, 11) is 2.86. The predicted octanol–water partition coefficient (Wildman–Crippen LogP) is 3.57. The molecule has 0 aromatic heterocycles. The van der Waals surface area contributed by atoms with Crippen molar-refractivity contribution in [2.45, 2.75) is 19.5 Å². The molecule has 1 aliphatic rings. The van der Waals surface area contributed by atoms with Crippen LogP contribution in [0, 0.1) is 0 Å². The number of urea groups is 1. The molecule has 142 valence electrons. The van der Waals surface area contributed by atoms with Gasteiger partial charge in [-0.2, -0.15) is 0 Å². The van der Waals surface area contributed by atoms with E-state index < -0.39 is 12.1 Å². The first-order valence-electron chi connectivity index (χ1n) is 8.35. The Morgan fingerprint density at radius 2 is 2.00 bits per heavy atom. The zero-order valence-electron chi connectivity index (χ0n) is 15.2. The van der Waals surface area contributed by atoms with Gasteiger partial charge in [0.1, 0.15) is 11.8 Å². The molecule has 0 spiro atoms. The summed E-state index contributed by atoms with van der Waals surface area (Å²) in [5.74, 6) is 0.802. The van der Waals surface area contributed by atoms with Gasteiger partial charge in [-0.15, -0.1) is 0 Å². The predicted molar refractivity (Wildman–Crippen MR) is 102 cm³/mol. The third kappa shape index (κ3) is 3.99. The van der Waals surface area contributed by atoms with Gasteiger partial charge in [0.2, 0.25) is 0 Å². The minimum atomic E-state index is -0.774. The number of carbonyl (C=O) groups excluding carboxylic acids is 2. The average molecular weight is 390 g/mol. The van der Waals surface area contributed by atoms with Crippen molar-refractivity contribution in [2.75, 3.05) is 19.1 Å². The number of amides is 3. The minimum absolute atomic E-state index is 0.274. The summed E-state index contributed by atoms with van der Waals surface area (Å²) in [5.41, 5.74) is 1.36. The number of likely N-dealkylation sites (N-methyl/N-ethyl adjacent to an activating group) is 1. The molecule has 27 heavy (non-hydrogen) atoms. The molecule has 8 heteroatoms. The van der Waals surface area contributed by atoms with Crippen LogP contribution in [-0.2, 0) is 16.2 Å². The van der Waals surface area contributed by atoms with Gasteiger partial charge in [-0.3, -0.25) is 14.5 Å². The lowest BCUT2D eigenvalue weighted by molar-refractivity contribution is -0.170. The fourth-order valence-electron chi connectivity index (χ4n) is 2.76. The van der Waals surface area contributed by atoms with Crippen LogP contribution in [0.25, 0.3) is 0 Å². The second-order valence-electron chi connectivity index (χ2n) is 6.10. The van der Waals surface area contributed by atoms with Crippen LogP contribution in [0.4, 0.5) is 10.5 Å². The monoisotopic (exact) mass is 389 g/mol. The Kier molecular flexibility index (Phi) is 5.53. The highest BCUT2D eigenvalue weighted by Gasteiger charge is 2.28. The number of carbonyl (C=O) groups is 2. The second-order valence-corrected chi connectivity index (χ2v) is 6.53. The molecule has 3 amide bonds. The van der Waals surface area contributed by atoms with E-state index in [9.17, 15) is 9.59 Å². The van der Waals surface area contributed by atoms with Gasteiger partial charge >= 0.3 is 6.03 Å². The van der Waals surface area contributed by atoms with Crippen LogP contribution in [0.1, 0.15) is 12.5 Å². The van der Waals surface area contributed by atoms with E-state index in [1.165, 1.54) is 19.1 Å². The van der Waals surface area contributed by atoms with E-state index in [1.54, 1.807) is 25.1 Å². The number of para-hydroxylation sites is 1. The van der Waals surface area contributed by atoms with Crippen LogP contribution < -0.4 is 15.0 Å². The molecule has 1 unspecified atom stereocenters. The molecule has 0 saturated carbocycles. The highest BCUT2D eigenvalue weighted by Crippen LogP contribution is 2.40. The van der Waals surface area contributed by atoms with Gasteiger partial charge in [0.25, 0.3) is 5.91 Å². The zero-order valence-corrected chi connectivity index (χ0v) is 16.0. The summed E-state index contributed by atoms with van der Waals surface area (Å²) >= 11 is 6.14. The minimum Gasteiger partial charge on any atom is -0.455 e. The third-order valence-electron chi connectivity index (χ3n) is 4.27. The van der Waals surface area contributed by atoms with Crippen molar-refractivity contribution < 1.29 is 19.2 Å². The van der Waals surface area contributed by atoms with Gasteiger partial charge in [-0.25, -0.2) is 9.86 Å². The molecule has 1 atom stereocenters. The van der Waals surface area contributed by atoms with E-state index in [4.69, 9.17) is 21.2 Å². The lowest BCUT2D eigenvalue weighted by Gasteiger charge is -2.26. The van der Waals surface area contributed by atoms with E-state index in [-0.39, 0.29) is 12.5 Å². The topological polar surface area (TPSA) is 71.1 Å². The standard InChI is InChI=1S/C19H20ClN3O4/c1-12(18(24)22(2)26-3)21-19(25)23-11-13-6-4-5-7-16(13)27-17-9-8-14(20)10-15(17)23/h4-10,12H,11H2,1-3H3,(H,21,25). The van der Waals surface area contributed by atoms with Crippen LogP contribution in [0.2, 0.25) is 5.02 Å². The molecule has 3 rings (SSSR count). The summed E-state index contributed by atoms with van der Waals surface area (Å²) in [6.45, 7) is 1.87. The third-order valence-corrected chi connectivity index (χ3v) is 4.51. The number of benzene rings is 2. The van der Waals surface area contributed by atoms with E-state index >= 15 is 0 Å². The Morgan fingerprint density at radius 3 is 2.74 bits per heavy atom. The first-order chi connectivity index (χ1) is 12.9. The van der Waals surface area contributed by atoms with Crippen molar-refractivity contribution in [3.8, 4) is 11.5 Å². The number of hydrogen-bond donors (Lipinski definition) is 1. The number of hydrogen-bond acceptors (Lipinski definition) is 4. The average Bonchev–Trinajstić information content (AvgIpc) is 2.83. The molecule has 0 radical (unpaired) electrons. The van der Waals surface area contributed by atoms with Crippen LogP contribution in [0.5, 0.6) is 11.5 Å². The number of ether oxygens (including phenoxy) is 1. The highest BCUT2D eigenvalue weighted by atomic mass is 35.5. The first kappa shape index (κ1) is 19.0. The largest absolute Gasteiger partial charge is 0.455 e. The molecule has 1 aliphatic heterocycles. The van der Waals surface area contributed by atoms with Gasteiger partial charge in [0, 0.05) is 17.6 Å². The molecular formula is C19H20ClN3O4. The van der Waals surface area contributed by atoms with Crippen molar-refractivity contribution in [3.63, 3.8) is 0 Å². The molecule has 2 aromatic rings. The first-order valence-corrected chi connectivity index (χ1v) is 8.73. The Bertz CT molecular complexity index is 874. The fourth-order valence-corrected chi connectivity index (χ4v) is 2.93. The quantitative estimate of drug-likeness (QED) is 0.814. The van der Waals surface area contributed by atoms with Crippen molar-refractivity contribution in [1.29, 1.82) is 0 Å². The molecule has 0 aliphatic carbocycles. The lowest BCUT2D eigenvalue weighted by Crippen LogP contribution is -2.50. The summed E-state index contributed by atoms with van der Waals surface area (Å²) in [5, 5.41) is 4.24. The highest BCUT2D eigenvalue weighted by molar-refractivity contribution is 6.31. The fraction of sp³-hybridized carbons (Fsp3) is 0.263. The normalized spacial score (nSPS) is 13.6. The zero-order chi connectivity index (χ0) is 19.6. The van der Waals surface area contributed by atoms with Crippen molar-refractivity contribution in [3.05, 3.63) is 53.1 Å². The summed E-state index contributed by atoms with van der Waals surface area (Å²) in [6, 6.07) is 11.3. The Labute approximate surface area is 162 Å². The summed E-state index contributed by atoms with van der Waals surface area (Å²) in [4.78, 5) is 31.5. The van der Waals surface area contributed by atoms with Gasteiger partial charge in [0.05, 0.1) is 19.3 Å². The Hall–Kier alpha value is -2.77. The van der Waals surface area contributed by atoms with Crippen LogP contribution in [0.3, 0.4) is 0 Å². The summed E-state index contributed by atoms with van der Waals surface area (Å²) < 4.78 is 5.97. The van der Waals surface area contributed by atoms with Gasteiger partial charge in [-0.05, 0) is 31.2 Å². The second kappa shape index (κ2) is 7.85. The van der Waals surface area contributed by atoms with Gasteiger partial charge in [0.15, 0.2) is 5.75 Å². The number of rotatable bonds is 3. The lowest BCUT2D eigenvalue weighted by atomic mass is 10.2. The maximum Gasteiger partial charge on any atom is 0.322 e. The molecule has 0 bridgehead atoms. The van der Waals surface area contributed by atoms with E-state index in [1.807, 2.05) is 24.3 Å². The van der Waals surface area contributed by atoms with Crippen LogP contribution in [0.15, 0.2) is 42.5 Å². The van der Waals surface area contributed by atoms with Crippen molar-refractivity contribution in [1.82, 2.24) is 10.4 Å². The number of hydroxylamine groups is 2. The van der Waals surface area contributed by atoms with Crippen LogP contribution in [-0.4, -0.2) is 37.2 Å². The maximum atomic E-state index is 13.0. The number of nitrogens with zero attached hydrogens (tertiary/aromatic N) is 2.